The summed E-state index contributed by atoms with van der Waals surface area (Å²) in [4.78, 5) is 20.0. The molecular weight excluding hydrogens is 294 g/mol. The molecule has 1 amide bonds. The topological polar surface area (TPSA) is 87.6 Å². The van der Waals surface area contributed by atoms with Crippen molar-refractivity contribution in [3.05, 3.63) is 30.1 Å². The molecule has 2 fully saturated rings. The van der Waals surface area contributed by atoms with Crippen molar-refractivity contribution in [2.75, 3.05) is 20.1 Å². The van der Waals surface area contributed by atoms with Crippen LogP contribution in [0.25, 0.3) is 0 Å². The number of aromatic nitrogens is 1. The number of guanidine groups is 1. The molecule has 1 aromatic heterocycles. The van der Waals surface area contributed by atoms with Crippen molar-refractivity contribution < 1.29 is 9.53 Å². The largest absolute Gasteiger partial charge is 0.373 e. The van der Waals surface area contributed by atoms with E-state index in [1.807, 2.05) is 0 Å². The predicted octanol–water partition coefficient (Wildman–Crippen LogP) is 0.296. The zero-order valence-corrected chi connectivity index (χ0v) is 13.3. The molecule has 7 nitrogen and oxygen atoms in total. The van der Waals surface area contributed by atoms with Gasteiger partial charge in [0.05, 0.1) is 23.8 Å². The summed E-state index contributed by atoms with van der Waals surface area (Å²) < 4.78 is 5.83. The van der Waals surface area contributed by atoms with Gasteiger partial charge in [-0.2, -0.15) is 0 Å². The van der Waals surface area contributed by atoms with Crippen LogP contribution in [0.1, 0.15) is 29.6 Å². The number of rotatable bonds is 5. The minimum atomic E-state index is -0.121. The number of carbonyl (C=O) groups excluding carboxylic acids is 1. The molecule has 0 aliphatic carbocycles. The average Bonchev–Trinajstić information content (AvgIpc) is 3.21. The van der Waals surface area contributed by atoms with Crippen LogP contribution in [0, 0.1) is 0 Å². The van der Waals surface area contributed by atoms with Gasteiger partial charge < -0.3 is 20.7 Å². The second-order valence-electron chi connectivity index (χ2n) is 5.86. The zero-order valence-electron chi connectivity index (χ0n) is 13.3. The van der Waals surface area contributed by atoms with Crippen molar-refractivity contribution >= 4 is 11.9 Å². The van der Waals surface area contributed by atoms with Gasteiger partial charge in [-0.05, 0) is 31.4 Å². The van der Waals surface area contributed by atoms with E-state index in [2.05, 4.69) is 25.9 Å². The van der Waals surface area contributed by atoms with Gasteiger partial charge in [-0.3, -0.25) is 14.8 Å². The van der Waals surface area contributed by atoms with Crippen LogP contribution in [-0.4, -0.2) is 55.2 Å². The number of carbonyl (C=O) groups is 1. The second kappa shape index (κ2) is 7.41. The van der Waals surface area contributed by atoms with Gasteiger partial charge in [0.15, 0.2) is 5.96 Å². The maximum Gasteiger partial charge on any atom is 0.252 e. The Morgan fingerprint density at radius 2 is 2.26 bits per heavy atom. The van der Waals surface area contributed by atoms with Gasteiger partial charge >= 0.3 is 0 Å². The van der Waals surface area contributed by atoms with Crippen LogP contribution in [0.15, 0.2) is 29.5 Å². The Hall–Kier alpha value is -2.15. The third-order valence-corrected chi connectivity index (χ3v) is 4.28. The molecule has 124 valence electrons. The fourth-order valence-corrected chi connectivity index (χ4v) is 3.12. The average molecular weight is 317 g/mol. The molecule has 7 heteroatoms. The van der Waals surface area contributed by atoms with E-state index in [4.69, 9.17) is 4.74 Å². The van der Waals surface area contributed by atoms with Crippen LogP contribution in [0.3, 0.4) is 0 Å². The Bertz CT molecular complexity index is 563. The fraction of sp³-hybridized carbons (Fsp3) is 0.562. The molecule has 1 aromatic rings. The SMILES string of the molecule is CN=C(NCCNC(=O)c1cccnc1)NC1CC2CCC1O2. The first-order valence-corrected chi connectivity index (χ1v) is 8.07. The van der Waals surface area contributed by atoms with Gasteiger partial charge in [0, 0.05) is 32.5 Å². The van der Waals surface area contributed by atoms with Crippen LogP contribution < -0.4 is 16.0 Å². The van der Waals surface area contributed by atoms with Gasteiger partial charge in [0.1, 0.15) is 0 Å². The molecule has 0 aromatic carbocycles. The number of fused-ring (bicyclic) bond motifs is 2. The monoisotopic (exact) mass is 317 g/mol. The first-order valence-electron chi connectivity index (χ1n) is 8.07. The smallest absolute Gasteiger partial charge is 0.252 e. The summed E-state index contributed by atoms with van der Waals surface area (Å²) >= 11 is 0. The number of pyridine rings is 1. The van der Waals surface area contributed by atoms with Crippen LogP contribution >= 0.6 is 0 Å². The van der Waals surface area contributed by atoms with E-state index in [1.54, 1.807) is 31.6 Å². The number of hydrogen-bond acceptors (Lipinski definition) is 4. The number of nitrogens with zero attached hydrogens (tertiary/aromatic N) is 2. The number of aliphatic imine (C=N–C) groups is 1. The minimum Gasteiger partial charge on any atom is -0.373 e. The maximum absolute atomic E-state index is 11.9. The zero-order chi connectivity index (χ0) is 16.1. The molecule has 3 rings (SSSR count). The van der Waals surface area contributed by atoms with Crippen LogP contribution in [0.2, 0.25) is 0 Å². The quantitative estimate of drug-likeness (QED) is 0.413. The van der Waals surface area contributed by atoms with Crippen molar-refractivity contribution in [2.45, 2.75) is 37.5 Å². The van der Waals surface area contributed by atoms with E-state index in [1.165, 1.54) is 6.42 Å². The van der Waals surface area contributed by atoms with E-state index in [9.17, 15) is 4.79 Å². The molecule has 2 aliphatic rings. The molecule has 2 aliphatic heterocycles. The van der Waals surface area contributed by atoms with Crippen LogP contribution in [0.4, 0.5) is 0 Å². The molecule has 0 radical (unpaired) electrons. The highest BCUT2D eigenvalue weighted by atomic mass is 16.5. The summed E-state index contributed by atoms with van der Waals surface area (Å²) in [7, 11) is 1.75. The maximum atomic E-state index is 11.9. The fourth-order valence-electron chi connectivity index (χ4n) is 3.12. The van der Waals surface area contributed by atoms with Gasteiger partial charge in [0.2, 0.25) is 0 Å². The summed E-state index contributed by atoms with van der Waals surface area (Å²) in [5.74, 6) is 0.631. The van der Waals surface area contributed by atoms with Gasteiger partial charge in [-0.25, -0.2) is 0 Å². The molecule has 3 N–H and O–H groups in total. The van der Waals surface area contributed by atoms with Crippen LogP contribution in [0.5, 0.6) is 0 Å². The van der Waals surface area contributed by atoms with E-state index in [0.717, 1.165) is 18.8 Å². The highest BCUT2D eigenvalue weighted by molar-refractivity contribution is 5.93. The number of nitrogens with one attached hydrogen (secondary N) is 3. The van der Waals surface area contributed by atoms with Crippen LogP contribution in [-0.2, 0) is 4.74 Å². The molecule has 3 unspecified atom stereocenters. The summed E-state index contributed by atoms with van der Waals surface area (Å²) in [6, 6.07) is 3.83. The number of ether oxygens (including phenoxy) is 1. The summed E-state index contributed by atoms with van der Waals surface area (Å²) in [6.45, 7) is 1.12. The summed E-state index contributed by atoms with van der Waals surface area (Å²) in [5, 5.41) is 9.47. The summed E-state index contributed by atoms with van der Waals surface area (Å²) in [5.41, 5.74) is 0.564. The molecule has 2 bridgehead atoms. The van der Waals surface area contributed by atoms with Crippen molar-refractivity contribution in [1.29, 1.82) is 0 Å². The second-order valence-corrected chi connectivity index (χ2v) is 5.86. The highest BCUT2D eigenvalue weighted by Gasteiger charge is 2.41. The lowest BCUT2D eigenvalue weighted by Gasteiger charge is -2.22. The van der Waals surface area contributed by atoms with E-state index in [-0.39, 0.29) is 5.91 Å². The van der Waals surface area contributed by atoms with Gasteiger partial charge in [-0.15, -0.1) is 0 Å². The molecule has 0 saturated carbocycles. The van der Waals surface area contributed by atoms with Crippen molar-refractivity contribution in [3.8, 4) is 0 Å². The van der Waals surface area contributed by atoms with E-state index < -0.39 is 0 Å². The summed E-state index contributed by atoms with van der Waals surface area (Å²) in [6.07, 6.45) is 7.27. The van der Waals surface area contributed by atoms with Gasteiger partial charge in [0.25, 0.3) is 5.91 Å². The Balaban J connectivity index is 1.37. The van der Waals surface area contributed by atoms with Crippen molar-refractivity contribution in [3.63, 3.8) is 0 Å². The molecule has 3 atom stereocenters. The number of hydrogen-bond donors (Lipinski definition) is 3. The molecule has 3 heterocycles. The molecule has 23 heavy (non-hydrogen) atoms. The Morgan fingerprint density at radius 3 is 2.91 bits per heavy atom. The van der Waals surface area contributed by atoms with Crippen molar-refractivity contribution in [2.24, 2.45) is 4.99 Å². The van der Waals surface area contributed by atoms with Gasteiger partial charge in [-0.1, -0.05) is 0 Å². The lowest BCUT2D eigenvalue weighted by molar-refractivity contribution is 0.0954. The first kappa shape index (κ1) is 15.7. The Morgan fingerprint density at radius 1 is 1.39 bits per heavy atom. The normalized spacial score (nSPS) is 26.1. The lowest BCUT2D eigenvalue weighted by atomic mass is 9.96. The van der Waals surface area contributed by atoms with E-state index in [0.29, 0.717) is 36.9 Å². The molecular formula is C16H23N5O2. The third-order valence-electron chi connectivity index (χ3n) is 4.28. The predicted molar refractivity (Wildman–Crippen MR) is 87.4 cm³/mol. The lowest BCUT2D eigenvalue weighted by Crippen LogP contribution is -2.48. The Kier molecular flexibility index (Phi) is 5.07. The molecule has 0 spiro atoms. The first-order chi connectivity index (χ1) is 11.3. The van der Waals surface area contributed by atoms with E-state index >= 15 is 0 Å². The molecule has 2 saturated heterocycles. The standard InChI is InChI=1S/C16H23N5O2/c1-17-16(21-13-9-12-4-5-14(13)23-12)20-8-7-19-15(22)11-3-2-6-18-10-11/h2-3,6,10,12-14H,4-5,7-9H2,1H3,(H,19,22)(H2,17,20,21). The minimum absolute atomic E-state index is 0.121. The third kappa shape index (κ3) is 3.98. The highest BCUT2D eigenvalue weighted by Crippen LogP contribution is 2.34. The Labute approximate surface area is 135 Å². The van der Waals surface area contributed by atoms with Crippen molar-refractivity contribution in [1.82, 2.24) is 20.9 Å². The number of amides is 1.